The second-order valence-electron chi connectivity index (χ2n) is 6.41. The lowest BCUT2D eigenvalue weighted by Crippen LogP contribution is -2.05. The summed E-state index contributed by atoms with van der Waals surface area (Å²) < 4.78 is 21.8. The molecule has 8 heteroatoms. The van der Waals surface area contributed by atoms with Crippen molar-refractivity contribution >= 4 is 38.8 Å². The second-order valence-corrected chi connectivity index (χ2v) is 8.39. The second kappa shape index (κ2) is 8.99. The van der Waals surface area contributed by atoms with E-state index < -0.39 is 10.7 Å². The third kappa shape index (κ3) is 5.40. The predicted molar refractivity (Wildman–Crippen MR) is 114 cm³/mol. The molecule has 0 aliphatic rings. The Labute approximate surface area is 169 Å². The van der Waals surface area contributed by atoms with Gasteiger partial charge < -0.3 is 11.1 Å². The number of thiol groups is 1. The first-order valence-corrected chi connectivity index (χ1v) is 10.9. The highest BCUT2D eigenvalue weighted by molar-refractivity contribution is 7.71. The molecule has 3 aromatic rings. The first-order valence-electron chi connectivity index (χ1n) is 8.73. The number of anilines is 2. The van der Waals surface area contributed by atoms with Crippen LogP contribution in [0.3, 0.4) is 0 Å². The van der Waals surface area contributed by atoms with E-state index in [0.29, 0.717) is 11.6 Å². The van der Waals surface area contributed by atoms with Crippen molar-refractivity contribution in [1.82, 2.24) is 4.98 Å². The number of nitrogens with two attached hydrogens (primary N) is 1. The summed E-state index contributed by atoms with van der Waals surface area (Å²) in [5, 5.41) is 3.31. The minimum Gasteiger partial charge on any atom is -0.399 e. The number of nitrogen functional groups attached to an aromatic ring is 1. The number of nitrogens with one attached hydrogen (secondary N) is 1. The summed E-state index contributed by atoms with van der Waals surface area (Å²) >= 11 is 1.42. The summed E-state index contributed by atoms with van der Waals surface area (Å²) in [7, 11) is -2.45. The standard InChI is InChI=1S/C20H21N3O3S2/c1-13(24)22-20-23-18(11-6-14-4-9-17(21)10-5-14)19(27-20)16-7-2-15(3-8-16)12-28(25)26/h2-5,7-10,28H,6,11-12,21H2,1H3,(H,22,23,24). The van der Waals surface area contributed by atoms with E-state index in [4.69, 9.17) is 5.73 Å². The highest BCUT2D eigenvalue weighted by Gasteiger charge is 2.14. The summed E-state index contributed by atoms with van der Waals surface area (Å²) in [6, 6.07) is 15.1. The van der Waals surface area contributed by atoms with Crippen LogP contribution in [0.1, 0.15) is 23.7 Å². The van der Waals surface area contributed by atoms with Gasteiger partial charge in [0, 0.05) is 12.6 Å². The van der Waals surface area contributed by atoms with Crippen LogP contribution in [0.25, 0.3) is 10.4 Å². The molecule has 0 unspecified atom stereocenters. The molecule has 0 aliphatic heterocycles. The van der Waals surface area contributed by atoms with Gasteiger partial charge in [-0.3, -0.25) is 4.79 Å². The molecule has 2 aromatic carbocycles. The van der Waals surface area contributed by atoms with Crippen LogP contribution in [0.2, 0.25) is 0 Å². The van der Waals surface area contributed by atoms with Crippen molar-refractivity contribution in [3.8, 4) is 10.4 Å². The lowest BCUT2D eigenvalue weighted by atomic mass is 10.0. The molecule has 6 nitrogen and oxygen atoms in total. The highest BCUT2D eigenvalue weighted by Crippen LogP contribution is 2.34. The van der Waals surface area contributed by atoms with Crippen LogP contribution in [-0.4, -0.2) is 19.3 Å². The zero-order valence-electron chi connectivity index (χ0n) is 15.3. The number of hydrogen-bond donors (Lipinski definition) is 3. The number of nitrogens with zero attached hydrogens (tertiary/aromatic N) is 1. The van der Waals surface area contributed by atoms with Crippen molar-refractivity contribution < 1.29 is 13.2 Å². The molecule has 146 valence electrons. The zero-order valence-corrected chi connectivity index (χ0v) is 17.1. The molecule has 1 heterocycles. The van der Waals surface area contributed by atoms with Gasteiger partial charge in [0.2, 0.25) is 5.91 Å². The zero-order chi connectivity index (χ0) is 20.1. The fourth-order valence-electron chi connectivity index (χ4n) is 2.81. The van der Waals surface area contributed by atoms with Crippen molar-refractivity contribution in [2.24, 2.45) is 0 Å². The minimum atomic E-state index is -2.45. The van der Waals surface area contributed by atoms with E-state index >= 15 is 0 Å². The summed E-state index contributed by atoms with van der Waals surface area (Å²) in [5.74, 6) is -0.139. The number of benzene rings is 2. The first kappa shape index (κ1) is 20.0. The van der Waals surface area contributed by atoms with Crippen LogP contribution in [0.15, 0.2) is 48.5 Å². The normalized spacial score (nSPS) is 10.9. The molecule has 0 aliphatic carbocycles. The first-order chi connectivity index (χ1) is 13.4. The Morgan fingerprint density at radius 1 is 1.04 bits per heavy atom. The van der Waals surface area contributed by atoms with Crippen LogP contribution < -0.4 is 11.1 Å². The van der Waals surface area contributed by atoms with Crippen LogP contribution >= 0.6 is 11.3 Å². The molecule has 1 amide bonds. The van der Waals surface area contributed by atoms with E-state index in [1.807, 2.05) is 48.5 Å². The van der Waals surface area contributed by atoms with Crippen LogP contribution in [0.4, 0.5) is 10.8 Å². The average molecular weight is 416 g/mol. The van der Waals surface area contributed by atoms with Gasteiger partial charge in [0.1, 0.15) is 10.7 Å². The van der Waals surface area contributed by atoms with Crippen molar-refractivity contribution in [3.05, 3.63) is 65.4 Å². The number of amides is 1. The average Bonchev–Trinajstić information content (AvgIpc) is 3.03. The fraction of sp³-hybridized carbons (Fsp3) is 0.200. The Kier molecular flexibility index (Phi) is 6.43. The van der Waals surface area contributed by atoms with Crippen molar-refractivity contribution in [2.45, 2.75) is 25.5 Å². The molecule has 3 rings (SSSR count). The Morgan fingerprint density at radius 3 is 2.29 bits per heavy atom. The van der Waals surface area contributed by atoms with Gasteiger partial charge in [0.25, 0.3) is 0 Å². The van der Waals surface area contributed by atoms with Crippen LogP contribution in [0, 0.1) is 0 Å². The van der Waals surface area contributed by atoms with Crippen LogP contribution in [0.5, 0.6) is 0 Å². The topological polar surface area (TPSA) is 102 Å². The van der Waals surface area contributed by atoms with E-state index in [1.54, 1.807) is 0 Å². The van der Waals surface area contributed by atoms with Gasteiger partial charge in [0.05, 0.1) is 16.3 Å². The molecular weight excluding hydrogens is 394 g/mol. The van der Waals surface area contributed by atoms with Gasteiger partial charge in [-0.1, -0.05) is 47.7 Å². The summed E-state index contributed by atoms with van der Waals surface area (Å²) in [5.41, 5.74) is 10.2. The van der Waals surface area contributed by atoms with Gasteiger partial charge in [-0.05, 0) is 41.7 Å². The number of carbonyl (C=O) groups is 1. The molecule has 0 spiro atoms. The van der Waals surface area contributed by atoms with E-state index in [0.717, 1.165) is 39.4 Å². The van der Waals surface area contributed by atoms with Crippen molar-refractivity contribution in [1.29, 1.82) is 0 Å². The van der Waals surface area contributed by atoms with E-state index in [1.165, 1.54) is 18.3 Å². The van der Waals surface area contributed by atoms with Crippen molar-refractivity contribution in [3.63, 3.8) is 0 Å². The largest absolute Gasteiger partial charge is 0.399 e. The molecule has 0 saturated heterocycles. The molecule has 0 atom stereocenters. The van der Waals surface area contributed by atoms with Crippen molar-refractivity contribution in [2.75, 3.05) is 11.1 Å². The highest BCUT2D eigenvalue weighted by atomic mass is 32.2. The molecule has 0 saturated carbocycles. The molecule has 0 bridgehead atoms. The van der Waals surface area contributed by atoms with E-state index in [2.05, 4.69) is 10.3 Å². The van der Waals surface area contributed by atoms with Gasteiger partial charge in [-0.2, -0.15) is 0 Å². The Hall–Kier alpha value is -2.71. The van der Waals surface area contributed by atoms with E-state index in [-0.39, 0.29) is 11.7 Å². The quantitative estimate of drug-likeness (QED) is 0.406. The smallest absolute Gasteiger partial charge is 0.223 e. The van der Waals surface area contributed by atoms with E-state index in [9.17, 15) is 13.2 Å². The molecule has 1 aromatic heterocycles. The number of aryl methyl sites for hydroxylation is 2. The summed E-state index contributed by atoms with van der Waals surface area (Å²) in [4.78, 5) is 17.0. The predicted octanol–water partition coefficient (Wildman–Crippen LogP) is 3.25. The SMILES string of the molecule is CC(=O)Nc1nc(CCc2ccc(N)cc2)c(-c2ccc(C[SH](=O)=O)cc2)s1. The Morgan fingerprint density at radius 2 is 1.68 bits per heavy atom. The number of rotatable bonds is 7. The number of hydrogen-bond acceptors (Lipinski definition) is 6. The van der Waals surface area contributed by atoms with Gasteiger partial charge in [0.15, 0.2) is 5.13 Å². The number of aromatic nitrogens is 1. The molecule has 3 N–H and O–H groups in total. The maximum absolute atomic E-state index is 11.4. The lowest BCUT2D eigenvalue weighted by Gasteiger charge is -2.05. The van der Waals surface area contributed by atoms with Gasteiger partial charge in [-0.25, -0.2) is 13.4 Å². The molecule has 0 radical (unpaired) electrons. The Bertz CT molecular complexity index is 1030. The maximum Gasteiger partial charge on any atom is 0.223 e. The maximum atomic E-state index is 11.4. The molecule has 0 fully saturated rings. The van der Waals surface area contributed by atoms with Gasteiger partial charge in [-0.15, -0.1) is 0 Å². The van der Waals surface area contributed by atoms with Gasteiger partial charge >= 0.3 is 0 Å². The Balaban J connectivity index is 1.86. The minimum absolute atomic E-state index is 0.0272. The fourth-order valence-corrected chi connectivity index (χ4v) is 4.38. The number of thiazole rings is 1. The lowest BCUT2D eigenvalue weighted by molar-refractivity contribution is -0.114. The third-order valence-corrected chi connectivity index (χ3v) is 5.82. The molecule has 28 heavy (non-hydrogen) atoms. The summed E-state index contributed by atoms with van der Waals surface area (Å²) in [6.45, 7) is 1.45. The summed E-state index contributed by atoms with van der Waals surface area (Å²) in [6.07, 6.45) is 1.51. The van der Waals surface area contributed by atoms with Crippen LogP contribution in [-0.2, 0) is 34.1 Å². The monoisotopic (exact) mass is 415 g/mol. The number of carbonyl (C=O) groups excluding carboxylic acids is 1. The molecular formula is C20H21N3O3S2. The third-order valence-electron chi connectivity index (χ3n) is 4.14.